The number of aliphatic imine (C=N–C) groups is 1. The number of para-hydroxylation sites is 1. The molecule has 176 valence electrons. The van der Waals surface area contributed by atoms with Crippen LogP contribution in [-0.4, -0.2) is 75.2 Å². The van der Waals surface area contributed by atoms with E-state index in [1.165, 1.54) is 44.3 Å². The van der Waals surface area contributed by atoms with Crippen molar-refractivity contribution in [2.75, 3.05) is 53.4 Å². The molecular weight excluding hydrogens is 501 g/mol. The average molecular weight is 544 g/mol. The maximum Gasteiger partial charge on any atom is 0.191 e. The average Bonchev–Trinajstić information content (AvgIpc) is 3.31. The maximum absolute atomic E-state index is 5.67. The number of methoxy groups -OCH3 is 1. The Labute approximate surface area is 206 Å². The summed E-state index contributed by atoms with van der Waals surface area (Å²) in [6, 6.07) is 9.33. The summed E-state index contributed by atoms with van der Waals surface area (Å²) in [5, 5.41) is 7.18. The fourth-order valence-corrected chi connectivity index (χ4v) is 4.82. The van der Waals surface area contributed by atoms with Crippen molar-refractivity contribution in [3.8, 4) is 5.75 Å². The minimum absolute atomic E-state index is 0. The number of hydrogen-bond acceptors (Lipinski definition) is 4. The van der Waals surface area contributed by atoms with E-state index in [1.807, 2.05) is 13.1 Å². The molecule has 2 fully saturated rings. The second kappa shape index (κ2) is 13.5. The van der Waals surface area contributed by atoms with Crippen molar-refractivity contribution < 1.29 is 4.74 Å². The van der Waals surface area contributed by atoms with Gasteiger partial charge in [-0.3, -0.25) is 9.89 Å². The Kier molecular flexibility index (Phi) is 11.4. The summed E-state index contributed by atoms with van der Waals surface area (Å²) in [4.78, 5) is 9.66. The molecule has 1 aromatic rings. The van der Waals surface area contributed by atoms with Gasteiger partial charge in [-0.25, -0.2) is 0 Å². The smallest absolute Gasteiger partial charge is 0.191 e. The van der Waals surface area contributed by atoms with E-state index >= 15 is 0 Å². The molecule has 2 N–H and O–H groups in total. The van der Waals surface area contributed by atoms with Crippen LogP contribution < -0.4 is 15.4 Å². The van der Waals surface area contributed by atoms with E-state index in [0.717, 1.165) is 37.9 Å². The first-order chi connectivity index (χ1) is 14.6. The predicted octanol–water partition coefficient (Wildman–Crippen LogP) is 3.74. The molecule has 31 heavy (non-hydrogen) atoms. The highest BCUT2D eigenvalue weighted by Gasteiger charge is 2.26. The number of hydrogen-bond donors (Lipinski definition) is 2. The van der Waals surface area contributed by atoms with Gasteiger partial charge in [-0.1, -0.05) is 18.2 Å². The zero-order valence-corrected chi connectivity index (χ0v) is 22.1. The summed E-state index contributed by atoms with van der Waals surface area (Å²) < 4.78 is 5.67. The lowest BCUT2D eigenvalue weighted by Crippen LogP contribution is -2.47. The number of piperidine rings is 1. The van der Waals surface area contributed by atoms with Gasteiger partial charge in [0.1, 0.15) is 5.75 Å². The molecule has 2 aliphatic rings. The van der Waals surface area contributed by atoms with Crippen LogP contribution in [0.1, 0.15) is 51.1 Å². The van der Waals surface area contributed by atoms with Crippen LogP contribution in [0.4, 0.5) is 0 Å². The molecule has 2 unspecified atom stereocenters. The Bertz CT molecular complexity index is 678. The van der Waals surface area contributed by atoms with Crippen molar-refractivity contribution in [2.24, 2.45) is 10.9 Å². The third-order valence-corrected chi connectivity index (χ3v) is 6.60. The monoisotopic (exact) mass is 543 g/mol. The van der Waals surface area contributed by atoms with Gasteiger partial charge >= 0.3 is 0 Å². The number of nitrogens with one attached hydrogen (secondary N) is 2. The van der Waals surface area contributed by atoms with Gasteiger partial charge in [0.2, 0.25) is 0 Å². The Morgan fingerprint density at radius 1 is 1.10 bits per heavy atom. The van der Waals surface area contributed by atoms with Gasteiger partial charge in [0.25, 0.3) is 0 Å². The third-order valence-electron chi connectivity index (χ3n) is 6.60. The highest BCUT2D eigenvalue weighted by molar-refractivity contribution is 14.0. The molecule has 0 amide bonds. The maximum atomic E-state index is 5.67. The van der Waals surface area contributed by atoms with E-state index in [4.69, 9.17) is 4.74 Å². The van der Waals surface area contributed by atoms with Gasteiger partial charge < -0.3 is 20.3 Å². The summed E-state index contributed by atoms with van der Waals surface area (Å²) >= 11 is 0. The minimum Gasteiger partial charge on any atom is -0.496 e. The largest absolute Gasteiger partial charge is 0.496 e. The van der Waals surface area contributed by atoms with Crippen LogP contribution in [0.2, 0.25) is 0 Å². The molecule has 3 rings (SSSR count). The summed E-state index contributed by atoms with van der Waals surface area (Å²) in [7, 11) is 3.63. The van der Waals surface area contributed by atoms with E-state index in [2.05, 4.69) is 57.5 Å². The fraction of sp³-hybridized carbons (Fsp3) is 0.708. The topological polar surface area (TPSA) is 52.1 Å². The summed E-state index contributed by atoms with van der Waals surface area (Å²) in [5.41, 5.74) is 1.25. The fourth-order valence-electron chi connectivity index (χ4n) is 4.82. The van der Waals surface area contributed by atoms with Crippen LogP contribution in [0.15, 0.2) is 29.3 Å². The predicted molar refractivity (Wildman–Crippen MR) is 141 cm³/mol. The number of ether oxygens (including phenoxy) is 1. The lowest BCUT2D eigenvalue weighted by molar-refractivity contribution is 0.141. The molecule has 1 aromatic carbocycles. The van der Waals surface area contributed by atoms with Crippen molar-refractivity contribution in [1.82, 2.24) is 20.4 Å². The highest BCUT2D eigenvalue weighted by Crippen LogP contribution is 2.31. The minimum atomic E-state index is 0. The summed E-state index contributed by atoms with van der Waals surface area (Å²) in [5.74, 6) is 2.55. The second-order valence-corrected chi connectivity index (χ2v) is 8.93. The number of halogens is 1. The molecule has 0 bridgehead atoms. The first kappa shape index (κ1) is 26.2. The molecule has 0 spiro atoms. The standard InChI is InChI=1S/C24H41N5O.HI/c1-19(2)29-15-9-10-20(18-29)16-26-24(25-3)27-17-22(28-13-7-8-14-28)21-11-5-6-12-23(21)30-4;/h5-6,11-12,19-20,22H,7-10,13-18H2,1-4H3,(H2,25,26,27);1H. The van der Waals surface area contributed by atoms with E-state index < -0.39 is 0 Å². The van der Waals surface area contributed by atoms with Crippen LogP contribution in [0.25, 0.3) is 0 Å². The lowest BCUT2D eigenvalue weighted by atomic mass is 9.97. The van der Waals surface area contributed by atoms with Gasteiger partial charge in [-0.15, -0.1) is 24.0 Å². The molecule has 0 radical (unpaired) electrons. The van der Waals surface area contributed by atoms with Gasteiger partial charge in [0.15, 0.2) is 5.96 Å². The lowest BCUT2D eigenvalue weighted by Gasteiger charge is -2.35. The molecule has 0 aliphatic carbocycles. The van der Waals surface area contributed by atoms with E-state index in [-0.39, 0.29) is 30.0 Å². The van der Waals surface area contributed by atoms with Gasteiger partial charge in [-0.05, 0) is 71.1 Å². The molecule has 2 saturated heterocycles. The highest BCUT2D eigenvalue weighted by atomic mass is 127. The molecule has 2 aliphatic heterocycles. The van der Waals surface area contributed by atoms with E-state index in [0.29, 0.717) is 12.0 Å². The summed E-state index contributed by atoms with van der Waals surface area (Å²) in [6.45, 7) is 11.1. The molecule has 2 atom stereocenters. The Balaban J connectivity index is 0.00000341. The first-order valence-corrected chi connectivity index (χ1v) is 11.7. The quantitative estimate of drug-likeness (QED) is 0.298. The molecule has 7 heteroatoms. The van der Waals surface area contributed by atoms with Crippen LogP contribution >= 0.6 is 24.0 Å². The van der Waals surface area contributed by atoms with Crippen LogP contribution in [0.3, 0.4) is 0 Å². The Morgan fingerprint density at radius 3 is 2.48 bits per heavy atom. The molecule has 6 nitrogen and oxygen atoms in total. The van der Waals surface area contributed by atoms with Crippen molar-refractivity contribution >= 4 is 29.9 Å². The number of rotatable bonds is 8. The van der Waals surface area contributed by atoms with Gasteiger partial charge in [0, 0.05) is 38.3 Å². The van der Waals surface area contributed by atoms with Crippen molar-refractivity contribution in [2.45, 2.75) is 51.6 Å². The number of guanidine groups is 1. The van der Waals surface area contributed by atoms with Crippen molar-refractivity contribution in [3.63, 3.8) is 0 Å². The van der Waals surface area contributed by atoms with Gasteiger partial charge in [0.05, 0.1) is 13.2 Å². The number of likely N-dealkylation sites (tertiary alicyclic amines) is 2. The van der Waals surface area contributed by atoms with Crippen LogP contribution in [0, 0.1) is 5.92 Å². The normalized spacial score (nSPS) is 21.6. The SMILES string of the molecule is CN=C(NCC1CCCN(C(C)C)C1)NCC(c1ccccc1OC)N1CCCC1.I. The molecular formula is C24H42IN5O. The van der Waals surface area contributed by atoms with E-state index in [1.54, 1.807) is 7.11 Å². The third kappa shape index (κ3) is 7.49. The zero-order valence-electron chi connectivity index (χ0n) is 19.8. The van der Waals surface area contributed by atoms with Crippen molar-refractivity contribution in [3.05, 3.63) is 29.8 Å². The summed E-state index contributed by atoms with van der Waals surface area (Å²) in [6.07, 6.45) is 5.13. The molecule has 0 saturated carbocycles. The molecule has 2 heterocycles. The Morgan fingerprint density at radius 2 is 1.81 bits per heavy atom. The van der Waals surface area contributed by atoms with Crippen LogP contribution in [-0.2, 0) is 0 Å². The second-order valence-electron chi connectivity index (χ2n) is 8.93. The van der Waals surface area contributed by atoms with Gasteiger partial charge in [-0.2, -0.15) is 0 Å². The van der Waals surface area contributed by atoms with Crippen LogP contribution in [0.5, 0.6) is 5.75 Å². The Hall–Kier alpha value is -1.06. The van der Waals surface area contributed by atoms with E-state index in [9.17, 15) is 0 Å². The molecule has 0 aromatic heterocycles. The zero-order chi connectivity index (χ0) is 21.3. The van der Waals surface area contributed by atoms with Crippen molar-refractivity contribution in [1.29, 1.82) is 0 Å². The first-order valence-electron chi connectivity index (χ1n) is 11.7. The number of benzene rings is 1. The number of nitrogens with zero attached hydrogens (tertiary/aromatic N) is 3.